The highest BCUT2D eigenvalue weighted by Crippen LogP contribution is 2.32. The van der Waals surface area contributed by atoms with Gasteiger partial charge in [-0.05, 0) is 25.0 Å². The van der Waals surface area contributed by atoms with E-state index in [9.17, 15) is 9.59 Å². The van der Waals surface area contributed by atoms with Gasteiger partial charge in [0.05, 0.1) is 11.8 Å². The summed E-state index contributed by atoms with van der Waals surface area (Å²) in [5.41, 5.74) is 0. The summed E-state index contributed by atoms with van der Waals surface area (Å²) in [6.45, 7) is 0. The highest BCUT2D eigenvalue weighted by atomic mass is 32.2. The summed E-state index contributed by atoms with van der Waals surface area (Å²) in [6.07, 6.45) is 3.24. The number of hydrogen-bond donors (Lipinski definition) is 2. The third-order valence-corrected chi connectivity index (χ3v) is 4.61. The molecule has 1 saturated carbocycles. The van der Waals surface area contributed by atoms with Crippen molar-refractivity contribution < 1.29 is 14.7 Å². The Labute approximate surface area is 99.2 Å². The molecule has 0 radical (unpaired) electrons. The van der Waals surface area contributed by atoms with E-state index in [0.717, 1.165) is 30.8 Å². The molecule has 3 unspecified atom stereocenters. The minimum absolute atomic E-state index is 0.0441. The molecule has 2 aliphatic rings. The van der Waals surface area contributed by atoms with Gasteiger partial charge in [-0.3, -0.25) is 9.59 Å². The van der Waals surface area contributed by atoms with Gasteiger partial charge < -0.3 is 10.4 Å². The highest BCUT2D eigenvalue weighted by Gasteiger charge is 2.38. The summed E-state index contributed by atoms with van der Waals surface area (Å²) in [5.74, 6) is 0.432. The van der Waals surface area contributed by atoms with Crippen LogP contribution in [0.5, 0.6) is 0 Å². The fourth-order valence-electron chi connectivity index (χ4n) is 2.53. The molecule has 5 heteroatoms. The van der Waals surface area contributed by atoms with Crippen molar-refractivity contribution in [2.24, 2.45) is 11.8 Å². The van der Waals surface area contributed by atoms with Crippen LogP contribution in [0, 0.1) is 11.8 Å². The molecule has 0 aromatic rings. The van der Waals surface area contributed by atoms with Gasteiger partial charge in [0.15, 0.2) is 0 Å². The van der Waals surface area contributed by atoms with Crippen molar-refractivity contribution in [1.29, 1.82) is 0 Å². The van der Waals surface area contributed by atoms with E-state index in [-0.39, 0.29) is 17.9 Å². The maximum absolute atomic E-state index is 11.9. The predicted molar refractivity (Wildman–Crippen MR) is 62.3 cm³/mol. The number of carbonyl (C=O) groups is 2. The average molecular weight is 243 g/mol. The second kappa shape index (κ2) is 5.08. The molecule has 1 aliphatic heterocycles. The van der Waals surface area contributed by atoms with Crippen LogP contribution in [0.4, 0.5) is 0 Å². The zero-order valence-corrected chi connectivity index (χ0v) is 9.96. The maximum atomic E-state index is 11.9. The number of carboxylic acid groups (broad SMARTS) is 1. The Morgan fingerprint density at radius 1 is 1.19 bits per heavy atom. The van der Waals surface area contributed by atoms with Gasteiger partial charge in [-0.1, -0.05) is 6.42 Å². The van der Waals surface area contributed by atoms with Crippen LogP contribution < -0.4 is 5.32 Å². The molecule has 2 N–H and O–H groups in total. The number of amides is 1. The van der Waals surface area contributed by atoms with Gasteiger partial charge in [-0.2, -0.15) is 11.8 Å². The quantitative estimate of drug-likeness (QED) is 0.779. The van der Waals surface area contributed by atoms with Crippen LogP contribution in [0.15, 0.2) is 0 Å². The van der Waals surface area contributed by atoms with Crippen molar-refractivity contribution in [3.8, 4) is 0 Å². The van der Waals surface area contributed by atoms with E-state index in [0.29, 0.717) is 6.42 Å². The second-order valence-electron chi connectivity index (χ2n) is 4.55. The highest BCUT2D eigenvalue weighted by molar-refractivity contribution is 7.99. The molecule has 1 saturated heterocycles. The summed E-state index contributed by atoms with van der Waals surface area (Å²) in [7, 11) is 0. The van der Waals surface area contributed by atoms with E-state index in [2.05, 4.69) is 5.32 Å². The van der Waals surface area contributed by atoms with Gasteiger partial charge in [0.1, 0.15) is 0 Å². The zero-order valence-electron chi connectivity index (χ0n) is 9.15. The lowest BCUT2D eigenvalue weighted by Crippen LogP contribution is -2.41. The first-order valence-electron chi connectivity index (χ1n) is 5.79. The van der Waals surface area contributed by atoms with E-state index in [4.69, 9.17) is 5.11 Å². The first-order valence-corrected chi connectivity index (χ1v) is 6.95. The van der Waals surface area contributed by atoms with Crippen LogP contribution in [-0.2, 0) is 9.59 Å². The Morgan fingerprint density at radius 3 is 2.56 bits per heavy atom. The van der Waals surface area contributed by atoms with Crippen molar-refractivity contribution in [2.75, 3.05) is 11.5 Å². The number of aliphatic carboxylic acids is 1. The fraction of sp³-hybridized carbons (Fsp3) is 0.818. The monoisotopic (exact) mass is 243 g/mol. The minimum Gasteiger partial charge on any atom is -0.481 e. The Hall–Kier alpha value is -0.710. The first kappa shape index (κ1) is 11.8. The van der Waals surface area contributed by atoms with E-state index < -0.39 is 11.9 Å². The smallest absolute Gasteiger partial charge is 0.307 e. The standard InChI is InChI=1S/C11H17NO3S/c13-10(12-7-4-5-16-6-7)8-2-1-3-9(8)11(14)15/h7-9H,1-6H2,(H,12,13)(H,14,15). The zero-order chi connectivity index (χ0) is 11.5. The second-order valence-corrected chi connectivity index (χ2v) is 5.70. The Morgan fingerprint density at radius 2 is 1.94 bits per heavy atom. The van der Waals surface area contributed by atoms with E-state index in [1.807, 2.05) is 11.8 Å². The van der Waals surface area contributed by atoms with Crippen molar-refractivity contribution in [2.45, 2.75) is 31.7 Å². The SMILES string of the molecule is O=C(O)C1CCCC1C(=O)NC1CCSC1. The Bertz CT molecular complexity index is 289. The number of carbonyl (C=O) groups excluding carboxylic acids is 1. The third-order valence-electron chi connectivity index (χ3n) is 3.45. The largest absolute Gasteiger partial charge is 0.481 e. The Kier molecular flexibility index (Phi) is 3.74. The van der Waals surface area contributed by atoms with E-state index in [1.54, 1.807) is 0 Å². The number of carboxylic acids is 1. The predicted octanol–water partition coefficient (Wildman–Crippen LogP) is 1.11. The summed E-state index contributed by atoms with van der Waals surface area (Å²) in [4.78, 5) is 22.9. The van der Waals surface area contributed by atoms with Crippen LogP contribution in [-0.4, -0.2) is 34.5 Å². The summed E-state index contributed by atoms with van der Waals surface area (Å²) >= 11 is 1.84. The topological polar surface area (TPSA) is 66.4 Å². The van der Waals surface area contributed by atoms with Crippen molar-refractivity contribution in [3.05, 3.63) is 0 Å². The summed E-state index contributed by atoms with van der Waals surface area (Å²) in [6, 6.07) is 0.257. The minimum atomic E-state index is -0.821. The van der Waals surface area contributed by atoms with Crippen LogP contribution in [0.3, 0.4) is 0 Å². The van der Waals surface area contributed by atoms with Crippen LogP contribution in [0.25, 0.3) is 0 Å². The van der Waals surface area contributed by atoms with Crippen molar-refractivity contribution in [3.63, 3.8) is 0 Å². The summed E-state index contributed by atoms with van der Waals surface area (Å²) in [5, 5.41) is 12.0. The average Bonchev–Trinajstić information content (AvgIpc) is 2.86. The number of nitrogens with one attached hydrogen (secondary N) is 1. The van der Waals surface area contributed by atoms with Crippen LogP contribution in [0.2, 0.25) is 0 Å². The summed E-state index contributed by atoms with van der Waals surface area (Å²) < 4.78 is 0. The van der Waals surface area contributed by atoms with Gasteiger partial charge in [-0.15, -0.1) is 0 Å². The molecule has 4 nitrogen and oxygen atoms in total. The molecule has 90 valence electrons. The van der Waals surface area contributed by atoms with Gasteiger partial charge >= 0.3 is 5.97 Å². The van der Waals surface area contributed by atoms with Crippen LogP contribution in [0.1, 0.15) is 25.7 Å². The molecule has 0 bridgehead atoms. The molecule has 1 aliphatic carbocycles. The van der Waals surface area contributed by atoms with Crippen molar-refractivity contribution >= 4 is 23.6 Å². The molecular formula is C11H17NO3S. The molecule has 1 amide bonds. The van der Waals surface area contributed by atoms with Crippen LogP contribution >= 0.6 is 11.8 Å². The van der Waals surface area contributed by atoms with Crippen molar-refractivity contribution in [1.82, 2.24) is 5.32 Å². The molecule has 3 atom stereocenters. The number of thioether (sulfide) groups is 1. The van der Waals surface area contributed by atoms with Gasteiger partial charge in [-0.25, -0.2) is 0 Å². The van der Waals surface area contributed by atoms with Gasteiger partial charge in [0, 0.05) is 11.8 Å². The fourth-order valence-corrected chi connectivity index (χ4v) is 3.68. The molecule has 2 fully saturated rings. The van der Waals surface area contributed by atoms with Gasteiger partial charge in [0.2, 0.25) is 5.91 Å². The lowest BCUT2D eigenvalue weighted by atomic mass is 9.95. The Balaban J connectivity index is 1.90. The molecule has 2 rings (SSSR count). The lowest BCUT2D eigenvalue weighted by Gasteiger charge is -2.18. The van der Waals surface area contributed by atoms with Gasteiger partial charge in [0.25, 0.3) is 0 Å². The molecule has 16 heavy (non-hydrogen) atoms. The normalized spacial score (nSPS) is 33.9. The molecular weight excluding hydrogens is 226 g/mol. The first-order chi connectivity index (χ1) is 7.68. The maximum Gasteiger partial charge on any atom is 0.307 e. The molecule has 0 aromatic carbocycles. The molecule has 0 aromatic heterocycles. The number of hydrogen-bond acceptors (Lipinski definition) is 3. The molecule has 0 spiro atoms. The lowest BCUT2D eigenvalue weighted by molar-refractivity contribution is -0.146. The van der Waals surface area contributed by atoms with E-state index in [1.165, 1.54) is 0 Å². The molecule has 1 heterocycles. The third kappa shape index (κ3) is 2.51. The van der Waals surface area contributed by atoms with E-state index >= 15 is 0 Å². The number of rotatable bonds is 3.